The van der Waals surface area contributed by atoms with Gasteiger partial charge in [-0.15, -0.1) is 0 Å². The fraction of sp³-hybridized carbons (Fsp3) is 0.476. The van der Waals surface area contributed by atoms with E-state index in [9.17, 15) is 14.4 Å². The number of nitrogens with zero attached hydrogens (tertiary/aromatic N) is 3. The first kappa shape index (κ1) is 23.6. The largest absolute Gasteiger partial charge is 0.454 e. The molecule has 0 spiro atoms. The highest BCUT2D eigenvalue weighted by Crippen LogP contribution is 2.08. The molecule has 1 aromatic rings. The van der Waals surface area contributed by atoms with E-state index in [1.165, 1.54) is 4.90 Å². The molecule has 0 aliphatic carbocycles. The van der Waals surface area contributed by atoms with Crippen LogP contribution in [0.3, 0.4) is 0 Å². The minimum absolute atomic E-state index is 0.117. The Morgan fingerprint density at radius 2 is 1.62 bits per heavy atom. The third-order valence-electron chi connectivity index (χ3n) is 4.20. The van der Waals surface area contributed by atoms with Gasteiger partial charge in [0.2, 0.25) is 0 Å². The van der Waals surface area contributed by atoms with Crippen LogP contribution in [0.2, 0.25) is 0 Å². The van der Waals surface area contributed by atoms with E-state index in [1.807, 2.05) is 19.1 Å². The average molecular weight is 398 g/mol. The van der Waals surface area contributed by atoms with Gasteiger partial charge >= 0.3 is 5.97 Å². The lowest BCUT2D eigenvalue weighted by Crippen LogP contribution is -2.46. The van der Waals surface area contributed by atoms with Crippen molar-refractivity contribution in [2.24, 2.45) is 5.92 Å². The van der Waals surface area contributed by atoms with E-state index in [2.05, 4.69) is 5.32 Å². The van der Waals surface area contributed by atoms with Crippen LogP contribution in [-0.4, -0.2) is 48.4 Å². The monoisotopic (exact) mass is 398 g/mol. The zero-order chi connectivity index (χ0) is 21.8. The van der Waals surface area contributed by atoms with Crippen molar-refractivity contribution in [3.63, 3.8) is 0 Å². The summed E-state index contributed by atoms with van der Waals surface area (Å²) >= 11 is 0. The smallest absolute Gasteiger partial charge is 0.329 e. The minimum Gasteiger partial charge on any atom is -0.454 e. The Kier molecular flexibility index (Phi) is 9.90. The highest BCUT2D eigenvalue weighted by Gasteiger charge is 2.27. The van der Waals surface area contributed by atoms with Gasteiger partial charge in [0, 0.05) is 18.7 Å². The molecule has 0 saturated heterocycles. The van der Waals surface area contributed by atoms with E-state index in [0.29, 0.717) is 5.56 Å². The van der Waals surface area contributed by atoms with Gasteiger partial charge in [0.05, 0.1) is 25.0 Å². The zero-order valence-corrected chi connectivity index (χ0v) is 17.0. The SMILES string of the molecule is Cc1ccc(C(=O)N[C@H](C(=O)OCC(=O)N(CCC#N)CCC#N)C(C)C)cc1. The highest BCUT2D eigenvalue weighted by molar-refractivity contribution is 5.97. The van der Waals surface area contributed by atoms with Crippen molar-refractivity contribution in [2.45, 2.75) is 39.7 Å². The van der Waals surface area contributed by atoms with Crippen LogP contribution in [0.1, 0.15) is 42.6 Å². The molecule has 0 aliphatic rings. The van der Waals surface area contributed by atoms with Crippen molar-refractivity contribution >= 4 is 17.8 Å². The van der Waals surface area contributed by atoms with Crippen molar-refractivity contribution in [3.8, 4) is 12.1 Å². The maximum absolute atomic E-state index is 12.4. The Hall–Kier alpha value is -3.39. The number of amides is 2. The van der Waals surface area contributed by atoms with Gasteiger partial charge in [0.1, 0.15) is 6.04 Å². The number of hydrogen-bond acceptors (Lipinski definition) is 6. The molecule has 1 aromatic carbocycles. The first-order chi connectivity index (χ1) is 13.8. The molecule has 29 heavy (non-hydrogen) atoms. The second-order valence-electron chi connectivity index (χ2n) is 6.87. The second-order valence-corrected chi connectivity index (χ2v) is 6.87. The van der Waals surface area contributed by atoms with Crippen LogP contribution < -0.4 is 5.32 Å². The van der Waals surface area contributed by atoms with Crippen molar-refractivity contribution in [3.05, 3.63) is 35.4 Å². The van der Waals surface area contributed by atoms with Crippen molar-refractivity contribution < 1.29 is 19.1 Å². The van der Waals surface area contributed by atoms with Crippen LogP contribution in [0.4, 0.5) is 0 Å². The van der Waals surface area contributed by atoms with Gasteiger partial charge in [-0.25, -0.2) is 4.79 Å². The van der Waals surface area contributed by atoms with E-state index in [0.717, 1.165) is 5.56 Å². The van der Waals surface area contributed by atoms with Gasteiger partial charge in [-0.2, -0.15) is 10.5 Å². The lowest BCUT2D eigenvalue weighted by Gasteiger charge is -2.23. The Morgan fingerprint density at radius 3 is 2.10 bits per heavy atom. The number of nitrogens with one attached hydrogen (secondary N) is 1. The number of rotatable bonds is 10. The first-order valence-electron chi connectivity index (χ1n) is 9.36. The molecule has 1 rings (SSSR count). The van der Waals surface area contributed by atoms with E-state index in [4.69, 9.17) is 15.3 Å². The number of carbonyl (C=O) groups is 3. The lowest BCUT2D eigenvalue weighted by atomic mass is 10.0. The molecule has 0 heterocycles. The molecular formula is C21H26N4O4. The summed E-state index contributed by atoms with van der Waals surface area (Å²) in [6, 6.07) is 9.89. The molecule has 154 valence electrons. The molecule has 1 N–H and O–H groups in total. The summed E-state index contributed by atoms with van der Waals surface area (Å²) < 4.78 is 5.11. The normalized spacial score (nSPS) is 11.1. The topological polar surface area (TPSA) is 123 Å². The molecule has 1 atom stereocenters. The third-order valence-corrected chi connectivity index (χ3v) is 4.20. The van der Waals surface area contributed by atoms with E-state index < -0.39 is 30.4 Å². The summed E-state index contributed by atoms with van der Waals surface area (Å²) in [6.45, 7) is 5.23. The summed E-state index contributed by atoms with van der Waals surface area (Å²) in [7, 11) is 0. The van der Waals surface area contributed by atoms with Gasteiger partial charge in [-0.05, 0) is 25.0 Å². The molecule has 8 heteroatoms. The standard InChI is InChI=1S/C21H26N4O4/c1-15(2)19(24-20(27)17-8-6-16(3)7-9-17)21(28)29-14-18(26)25(12-4-10-22)13-5-11-23/h6-9,15,19H,4-5,12-14H2,1-3H3,(H,24,27)/t19-/m0/s1. The van der Waals surface area contributed by atoms with Crippen LogP contribution in [0, 0.1) is 35.5 Å². The van der Waals surface area contributed by atoms with Crippen LogP contribution in [-0.2, 0) is 14.3 Å². The number of hydrogen-bond donors (Lipinski definition) is 1. The summed E-state index contributed by atoms with van der Waals surface area (Å²) in [4.78, 5) is 38.4. The Bertz CT molecular complexity index is 772. The Morgan fingerprint density at radius 1 is 1.07 bits per heavy atom. The molecule has 0 aliphatic heterocycles. The number of benzene rings is 1. The number of nitriles is 2. The van der Waals surface area contributed by atoms with Gasteiger partial charge in [-0.3, -0.25) is 9.59 Å². The molecular weight excluding hydrogens is 372 g/mol. The molecule has 0 saturated carbocycles. The zero-order valence-electron chi connectivity index (χ0n) is 17.0. The first-order valence-corrected chi connectivity index (χ1v) is 9.36. The van der Waals surface area contributed by atoms with Gasteiger partial charge in [-0.1, -0.05) is 31.5 Å². The molecule has 2 amide bonds. The van der Waals surface area contributed by atoms with Gasteiger partial charge in [0.15, 0.2) is 6.61 Å². The Labute approximate surface area is 171 Å². The molecule has 0 aromatic heterocycles. The van der Waals surface area contributed by atoms with E-state index >= 15 is 0 Å². The van der Waals surface area contributed by atoms with Crippen molar-refractivity contribution in [2.75, 3.05) is 19.7 Å². The number of aryl methyl sites for hydroxylation is 1. The number of carbonyl (C=O) groups excluding carboxylic acids is 3. The molecule has 0 bridgehead atoms. The summed E-state index contributed by atoms with van der Waals surface area (Å²) in [5.74, 6) is -1.86. The minimum atomic E-state index is -0.914. The summed E-state index contributed by atoms with van der Waals surface area (Å²) in [6.07, 6.45) is 0.235. The number of ether oxygens (including phenoxy) is 1. The lowest BCUT2D eigenvalue weighted by molar-refractivity contribution is -0.154. The quantitative estimate of drug-likeness (QED) is 0.601. The predicted molar refractivity (Wildman–Crippen MR) is 105 cm³/mol. The number of esters is 1. The fourth-order valence-corrected chi connectivity index (χ4v) is 2.47. The molecule has 8 nitrogen and oxygen atoms in total. The highest BCUT2D eigenvalue weighted by atomic mass is 16.5. The predicted octanol–water partition coefficient (Wildman–Crippen LogP) is 1.95. The molecule has 0 radical (unpaired) electrons. The van der Waals surface area contributed by atoms with Crippen LogP contribution in [0.15, 0.2) is 24.3 Å². The average Bonchev–Trinajstić information content (AvgIpc) is 2.70. The maximum Gasteiger partial charge on any atom is 0.329 e. The fourth-order valence-electron chi connectivity index (χ4n) is 2.47. The molecule has 0 unspecified atom stereocenters. The summed E-state index contributed by atoms with van der Waals surface area (Å²) in [5.41, 5.74) is 1.43. The van der Waals surface area contributed by atoms with E-state index in [1.54, 1.807) is 38.1 Å². The maximum atomic E-state index is 12.4. The van der Waals surface area contributed by atoms with Crippen LogP contribution in [0.25, 0.3) is 0 Å². The van der Waals surface area contributed by atoms with Gasteiger partial charge < -0.3 is 15.0 Å². The van der Waals surface area contributed by atoms with Gasteiger partial charge in [0.25, 0.3) is 11.8 Å². The third kappa shape index (κ3) is 8.02. The van der Waals surface area contributed by atoms with Crippen molar-refractivity contribution in [1.82, 2.24) is 10.2 Å². The van der Waals surface area contributed by atoms with E-state index in [-0.39, 0.29) is 31.8 Å². The van der Waals surface area contributed by atoms with Crippen LogP contribution >= 0.6 is 0 Å². The van der Waals surface area contributed by atoms with Crippen LogP contribution in [0.5, 0.6) is 0 Å². The Balaban J connectivity index is 2.70. The second kappa shape index (κ2) is 12.1. The molecule has 0 fully saturated rings. The summed E-state index contributed by atoms with van der Waals surface area (Å²) in [5, 5.41) is 20.0. The van der Waals surface area contributed by atoms with Crippen molar-refractivity contribution in [1.29, 1.82) is 10.5 Å².